The van der Waals surface area contributed by atoms with E-state index in [0.29, 0.717) is 6.04 Å². The average molecular weight is 215 g/mol. The smallest absolute Gasteiger partial charge is 0.0890 e. The SMILES string of the molecule is CCC(C)NCc1cnc2ccccc2n1. The number of aromatic nitrogens is 2. The zero-order chi connectivity index (χ0) is 11.4. The molecule has 0 amide bonds. The Balaban J connectivity index is 2.13. The molecule has 0 radical (unpaired) electrons. The number of rotatable bonds is 4. The average Bonchev–Trinajstić information content (AvgIpc) is 2.35. The Labute approximate surface area is 95.9 Å². The van der Waals surface area contributed by atoms with Crippen molar-refractivity contribution in [3.8, 4) is 0 Å². The number of hydrogen-bond acceptors (Lipinski definition) is 3. The topological polar surface area (TPSA) is 37.8 Å². The number of nitrogens with one attached hydrogen (secondary N) is 1. The van der Waals surface area contributed by atoms with Gasteiger partial charge in [-0.05, 0) is 25.5 Å². The summed E-state index contributed by atoms with van der Waals surface area (Å²) in [5, 5.41) is 3.41. The van der Waals surface area contributed by atoms with Crippen LogP contribution in [0.2, 0.25) is 0 Å². The standard InChI is InChI=1S/C13H17N3/c1-3-10(2)14-8-11-9-15-12-6-4-5-7-13(12)16-11/h4-7,9-10,14H,3,8H2,1-2H3. The molecule has 0 aliphatic carbocycles. The molecule has 1 atom stereocenters. The molecule has 1 heterocycles. The molecule has 0 bridgehead atoms. The van der Waals surface area contributed by atoms with Gasteiger partial charge in [0.1, 0.15) is 0 Å². The Bertz CT molecular complexity index is 467. The van der Waals surface area contributed by atoms with E-state index >= 15 is 0 Å². The van der Waals surface area contributed by atoms with Gasteiger partial charge in [0, 0.05) is 12.6 Å². The normalized spacial score (nSPS) is 12.9. The summed E-state index contributed by atoms with van der Waals surface area (Å²) >= 11 is 0. The van der Waals surface area contributed by atoms with E-state index in [4.69, 9.17) is 0 Å². The van der Waals surface area contributed by atoms with Crippen molar-refractivity contribution < 1.29 is 0 Å². The van der Waals surface area contributed by atoms with Gasteiger partial charge in [-0.1, -0.05) is 19.1 Å². The van der Waals surface area contributed by atoms with Crippen molar-refractivity contribution in [2.75, 3.05) is 0 Å². The quantitative estimate of drug-likeness (QED) is 0.851. The summed E-state index contributed by atoms with van der Waals surface area (Å²) in [6, 6.07) is 8.47. The summed E-state index contributed by atoms with van der Waals surface area (Å²) in [6.45, 7) is 5.13. The first-order valence-electron chi connectivity index (χ1n) is 5.73. The van der Waals surface area contributed by atoms with Crippen LogP contribution in [0, 0.1) is 0 Å². The van der Waals surface area contributed by atoms with Gasteiger partial charge in [-0.25, -0.2) is 4.98 Å². The second-order valence-electron chi connectivity index (χ2n) is 4.04. The van der Waals surface area contributed by atoms with E-state index in [2.05, 4.69) is 29.1 Å². The van der Waals surface area contributed by atoms with Gasteiger partial charge in [0.15, 0.2) is 0 Å². The fraction of sp³-hybridized carbons (Fsp3) is 0.385. The number of benzene rings is 1. The third-order valence-electron chi connectivity index (χ3n) is 2.74. The first kappa shape index (κ1) is 11.0. The molecule has 16 heavy (non-hydrogen) atoms. The van der Waals surface area contributed by atoms with Crippen LogP contribution in [0.1, 0.15) is 26.0 Å². The molecule has 1 aromatic heterocycles. The van der Waals surface area contributed by atoms with Crippen molar-refractivity contribution >= 4 is 11.0 Å². The molecule has 84 valence electrons. The third kappa shape index (κ3) is 2.55. The van der Waals surface area contributed by atoms with Crippen molar-refractivity contribution in [2.45, 2.75) is 32.9 Å². The van der Waals surface area contributed by atoms with Crippen molar-refractivity contribution in [1.29, 1.82) is 0 Å². The van der Waals surface area contributed by atoms with Crippen molar-refractivity contribution in [1.82, 2.24) is 15.3 Å². The molecule has 0 saturated heterocycles. The van der Waals surface area contributed by atoms with Gasteiger partial charge in [-0.2, -0.15) is 0 Å². The predicted octanol–water partition coefficient (Wildman–Crippen LogP) is 2.52. The van der Waals surface area contributed by atoms with E-state index in [1.54, 1.807) is 0 Å². The predicted molar refractivity (Wildman–Crippen MR) is 66.1 cm³/mol. The van der Waals surface area contributed by atoms with Crippen LogP contribution in [0.15, 0.2) is 30.5 Å². The lowest BCUT2D eigenvalue weighted by Gasteiger charge is -2.10. The third-order valence-corrected chi connectivity index (χ3v) is 2.74. The second-order valence-corrected chi connectivity index (χ2v) is 4.04. The molecule has 0 aliphatic rings. The molecule has 2 aromatic rings. The van der Waals surface area contributed by atoms with Crippen molar-refractivity contribution in [3.63, 3.8) is 0 Å². The Hall–Kier alpha value is -1.48. The molecule has 0 spiro atoms. The maximum Gasteiger partial charge on any atom is 0.0890 e. The fourth-order valence-corrected chi connectivity index (χ4v) is 1.50. The largest absolute Gasteiger partial charge is 0.309 e. The zero-order valence-electron chi connectivity index (χ0n) is 9.77. The minimum Gasteiger partial charge on any atom is -0.309 e. The van der Waals surface area contributed by atoms with Gasteiger partial charge in [0.25, 0.3) is 0 Å². The molecule has 0 fully saturated rings. The Kier molecular flexibility index (Phi) is 3.47. The molecule has 2 rings (SSSR count). The molecule has 1 unspecified atom stereocenters. The summed E-state index contributed by atoms with van der Waals surface area (Å²) in [5.74, 6) is 0. The van der Waals surface area contributed by atoms with Crippen molar-refractivity contribution in [3.05, 3.63) is 36.2 Å². The number of hydrogen-bond donors (Lipinski definition) is 1. The summed E-state index contributed by atoms with van der Waals surface area (Å²) in [7, 11) is 0. The lowest BCUT2D eigenvalue weighted by atomic mass is 10.2. The molecule has 0 saturated carbocycles. The minimum atomic E-state index is 0.522. The fourth-order valence-electron chi connectivity index (χ4n) is 1.50. The van der Waals surface area contributed by atoms with Crippen LogP contribution < -0.4 is 5.32 Å². The van der Waals surface area contributed by atoms with Crippen molar-refractivity contribution in [2.24, 2.45) is 0 Å². The van der Waals surface area contributed by atoms with Crippen LogP contribution in [0.4, 0.5) is 0 Å². The molecule has 3 nitrogen and oxygen atoms in total. The van der Waals surface area contributed by atoms with Crippen LogP contribution >= 0.6 is 0 Å². The molecular weight excluding hydrogens is 198 g/mol. The molecule has 0 aliphatic heterocycles. The summed E-state index contributed by atoms with van der Waals surface area (Å²) in [4.78, 5) is 8.94. The van der Waals surface area contributed by atoms with Gasteiger partial charge in [-0.3, -0.25) is 4.98 Å². The summed E-state index contributed by atoms with van der Waals surface area (Å²) in [6.07, 6.45) is 2.97. The van der Waals surface area contributed by atoms with E-state index < -0.39 is 0 Å². The van der Waals surface area contributed by atoms with Crippen LogP contribution in [-0.4, -0.2) is 16.0 Å². The highest BCUT2D eigenvalue weighted by Gasteiger charge is 2.01. The molecule has 1 aromatic carbocycles. The summed E-state index contributed by atoms with van der Waals surface area (Å²) < 4.78 is 0. The maximum absolute atomic E-state index is 4.56. The minimum absolute atomic E-state index is 0.522. The van der Waals surface area contributed by atoms with Gasteiger partial charge in [0.2, 0.25) is 0 Å². The highest BCUT2D eigenvalue weighted by Crippen LogP contribution is 2.08. The molecular formula is C13H17N3. The lowest BCUT2D eigenvalue weighted by molar-refractivity contribution is 0.529. The van der Waals surface area contributed by atoms with Crippen LogP contribution in [0.25, 0.3) is 11.0 Å². The number of fused-ring (bicyclic) bond motifs is 1. The van der Waals surface area contributed by atoms with Crippen LogP contribution in [0.5, 0.6) is 0 Å². The highest BCUT2D eigenvalue weighted by atomic mass is 14.9. The monoisotopic (exact) mass is 215 g/mol. The first-order chi connectivity index (χ1) is 7.79. The number of para-hydroxylation sites is 2. The van der Waals surface area contributed by atoms with E-state index in [0.717, 1.165) is 29.7 Å². The first-order valence-corrected chi connectivity index (χ1v) is 5.73. The van der Waals surface area contributed by atoms with Crippen LogP contribution in [-0.2, 0) is 6.54 Å². The molecule has 3 heteroatoms. The van der Waals surface area contributed by atoms with Crippen LogP contribution in [0.3, 0.4) is 0 Å². The van der Waals surface area contributed by atoms with E-state index in [9.17, 15) is 0 Å². The summed E-state index contributed by atoms with van der Waals surface area (Å²) in [5.41, 5.74) is 2.92. The van der Waals surface area contributed by atoms with Gasteiger partial charge >= 0.3 is 0 Å². The van der Waals surface area contributed by atoms with Gasteiger partial charge in [-0.15, -0.1) is 0 Å². The lowest BCUT2D eigenvalue weighted by Crippen LogP contribution is -2.24. The van der Waals surface area contributed by atoms with E-state index in [1.165, 1.54) is 0 Å². The Morgan fingerprint density at radius 2 is 2.00 bits per heavy atom. The maximum atomic E-state index is 4.56. The second kappa shape index (κ2) is 5.03. The Morgan fingerprint density at radius 1 is 1.25 bits per heavy atom. The van der Waals surface area contributed by atoms with Gasteiger partial charge < -0.3 is 5.32 Å². The van der Waals surface area contributed by atoms with Gasteiger partial charge in [0.05, 0.1) is 22.9 Å². The molecule has 1 N–H and O–H groups in total. The highest BCUT2D eigenvalue weighted by molar-refractivity contribution is 5.73. The Morgan fingerprint density at radius 3 is 2.75 bits per heavy atom. The van der Waals surface area contributed by atoms with E-state index in [1.807, 2.05) is 30.5 Å². The number of nitrogens with zero attached hydrogens (tertiary/aromatic N) is 2. The van der Waals surface area contributed by atoms with E-state index in [-0.39, 0.29) is 0 Å². The zero-order valence-corrected chi connectivity index (χ0v) is 9.77.